The van der Waals surface area contributed by atoms with E-state index in [-0.39, 0.29) is 29.4 Å². The highest BCUT2D eigenvalue weighted by Crippen LogP contribution is 2.42. The average molecular weight is 478 g/mol. The first-order valence-corrected chi connectivity index (χ1v) is 11.4. The number of likely N-dealkylation sites (tertiary alicyclic amines) is 1. The lowest BCUT2D eigenvalue weighted by Crippen LogP contribution is -2.29. The van der Waals surface area contributed by atoms with Crippen LogP contribution in [0.2, 0.25) is 0 Å². The third-order valence-electron chi connectivity index (χ3n) is 5.84. The Morgan fingerprint density at radius 1 is 1.11 bits per heavy atom. The van der Waals surface area contributed by atoms with Gasteiger partial charge in [0, 0.05) is 5.56 Å². The Hall–Kier alpha value is -4.20. The van der Waals surface area contributed by atoms with Crippen molar-refractivity contribution in [2.75, 3.05) is 13.7 Å². The molecule has 0 saturated carbocycles. The molecule has 35 heavy (non-hydrogen) atoms. The van der Waals surface area contributed by atoms with Gasteiger partial charge in [-0.1, -0.05) is 31.5 Å². The number of unbranched alkanes of at least 4 members (excludes halogenated alkanes) is 1. The molecule has 1 fully saturated rings. The number of phenols is 1. The molecule has 1 aliphatic heterocycles. The van der Waals surface area contributed by atoms with Gasteiger partial charge in [0.15, 0.2) is 11.5 Å². The van der Waals surface area contributed by atoms with Gasteiger partial charge in [-0.3, -0.25) is 9.59 Å². The van der Waals surface area contributed by atoms with E-state index in [0.29, 0.717) is 29.2 Å². The molecule has 8 heteroatoms. The zero-order valence-corrected chi connectivity index (χ0v) is 19.6. The number of aliphatic hydroxyl groups excluding tert-OH is 1. The van der Waals surface area contributed by atoms with E-state index < -0.39 is 17.7 Å². The minimum absolute atomic E-state index is 0.0163. The van der Waals surface area contributed by atoms with Gasteiger partial charge < -0.3 is 29.0 Å². The molecule has 1 aliphatic rings. The number of ether oxygens (including phenoxy) is 2. The highest BCUT2D eigenvalue weighted by molar-refractivity contribution is 6.46. The second-order valence-electron chi connectivity index (χ2n) is 8.17. The normalized spacial score (nSPS) is 17.1. The monoisotopic (exact) mass is 477 g/mol. The van der Waals surface area contributed by atoms with Crippen molar-refractivity contribution < 1.29 is 33.7 Å². The number of hydrogen-bond donors (Lipinski definition) is 2. The number of rotatable bonds is 9. The Labute approximate surface area is 203 Å². The SMILES string of the molecule is CCCCOc1cccc(C(O)=C2C(=O)C(=O)N(Cc3ccco3)C2c2ccc(O)c(OC)c2)c1. The minimum atomic E-state index is -0.931. The molecule has 0 aliphatic carbocycles. The molecule has 182 valence electrons. The van der Waals surface area contributed by atoms with E-state index in [4.69, 9.17) is 13.9 Å². The fourth-order valence-corrected chi connectivity index (χ4v) is 4.05. The van der Waals surface area contributed by atoms with Crippen LogP contribution in [0.5, 0.6) is 17.2 Å². The van der Waals surface area contributed by atoms with Gasteiger partial charge >= 0.3 is 0 Å². The summed E-state index contributed by atoms with van der Waals surface area (Å²) in [6, 6.07) is 13.8. The highest BCUT2D eigenvalue weighted by Gasteiger charge is 2.46. The zero-order chi connectivity index (χ0) is 24.9. The van der Waals surface area contributed by atoms with Crippen molar-refractivity contribution in [3.05, 3.63) is 83.3 Å². The van der Waals surface area contributed by atoms with Crippen molar-refractivity contribution in [2.45, 2.75) is 32.4 Å². The molecule has 3 aromatic rings. The number of carbonyl (C=O) groups excluding carboxylic acids is 2. The summed E-state index contributed by atoms with van der Waals surface area (Å²) in [7, 11) is 1.41. The summed E-state index contributed by atoms with van der Waals surface area (Å²) in [6.45, 7) is 2.61. The molecule has 8 nitrogen and oxygen atoms in total. The predicted molar refractivity (Wildman–Crippen MR) is 128 cm³/mol. The molecule has 0 spiro atoms. The second-order valence-corrected chi connectivity index (χ2v) is 8.17. The smallest absolute Gasteiger partial charge is 0.296 e. The molecule has 0 radical (unpaired) electrons. The largest absolute Gasteiger partial charge is 0.507 e. The maximum absolute atomic E-state index is 13.2. The first-order chi connectivity index (χ1) is 16.9. The van der Waals surface area contributed by atoms with Gasteiger partial charge in [-0.15, -0.1) is 0 Å². The van der Waals surface area contributed by atoms with Gasteiger partial charge in [0.2, 0.25) is 0 Å². The summed E-state index contributed by atoms with van der Waals surface area (Å²) in [5, 5.41) is 21.3. The van der Waals surface area contributed by atoms with E-state index in [1.807, 2.05) is 0 Å². The molecule has 2 heterocycles. The van der Waals surface area contributed by atoms with Gasteiger partial charge in [-0.05, 0) is 48.4 Å². The number of carbonyl (C=O) groups is 2. The second kappa shape index (κ2) is 10.4. The standard InChI is InChI=1S/C27H27NO7/c1-3-4-12-34-19-8-5-7-18(14-19)25(30)23-24(17-10-11-21(29)22(15-17)33-2)28(27(32)26(23)31)16-20-9-6-13-35-20/h5-11,13-15,24,29-30H,3-4,12,16H2,1-2H3. The molecule has 4 rings (SSSR count). The summed E-state index contributed by atoms with van der Waals surface area (Å²) in [4.78, 5) is 27.7. The fourth-order valence-electron chi connectivity index (χ4n) is 4.05. The number of ketones is 1. The molecule has 1 amide bonds. The molecule has 1 unspecified atom stereocenters. The van der Waals surface area contributed by atoms with Crippen LogP contribution < -0.4 is 9.47 Å². The van der Waals surface area contributed by atoms with E-state index >= 15 is 0 Å². The Bertz CT molecular complexity index is 1250. The maximum atomic E-state index is 13.2. The third-order valence-corrected chi connectivity index (χ3v) is 5.84. The minimum Gasteiger partial charge on any atom is -0.507 e. The van der Waals surface area contributed by atoms with Crippen LogP contribution in [0.4, 0.5) is 0 Å². The zero-order valence-electron chi connectivity index (χ0n) is 19.6. The van der Waals surface area contributed by atoms with Gasteiger partial charge in [-0.25, -0.2) is 0 Å². The van der Waals surface area contributed by atoms with Gasteiger partial charge in [-0.2, -0.15) is 0 Å². The molecule has 2 N–H and O–H groups in total. The number of Topliss-reactive ketones (excluding diaryl/α,β-unsaturated/α-hetero) is 1. The van der Waals surface area contributed by atoms with Crippen LogP contribution in [0.3, 0.4) is 0 Å². The number of nitrogens with zero attached hydrogens (tertiary/aromatic N) is 1. The number of aliphatic hydroxyl groups is 1. The Kier molecular flexibility index (Phi) is 7.10. The van der Waals surface area contributed by atoms with E-state index in [0.717, 1.165) is 12.8 Å². The Morgan fingerprint density at radius 3 is 2.66 bits per heavy atom. The van der Waals surface area contributed by atoms with Crippen LogP contribution >= 0.6 is 0 Å². The first kappa shape index (κ1) is 23.9. The van der Waals surface area contributed by atoms with E-state index in [9.17, 15) is 19.8 Å². The number of phenolic OH excluding ortho intramolecular Hbond substituents is 1. The van der Waals surface area contributed by atoms with Crippen LogP contribution in [0.15, 0.2) is 70.9 Å². The summed E-state index contributed by atoms with van der Waals surface area (Å²) in [6.07, 6.45) is 3.35. The summed E-state index contributed by atoms with van der Waals surface area (Å²) >= 11 is 0. The van der Waals surface area contributed by atoms with Crippen molar-refractivity contribution in [1.82, 2.24) is 4.90 Å². The van der Waals surface area contributed by atoms with Gasteiger partial charge in [0.1, 0.15) is 17.3 Å². The summed E-state index contributed by atoms with van der Waals surface area (Å²) < 4.78 is 16.4. The first-order valence-electron chi connectivity index (χ1n) is 11.4. The quantitative estimate of drug-likeness (QED) is 0.197. The Morgan fingerprint density at radius 2 is 1.94 bits per heavy atom. The highest BCUT2D eigenvalue weighted by atomic mass is 16.5. The molecule has 2 aromatic carbocycles. The lowest BCUT2D eigenvalue weighted by molar-refractivity contribution is -0.140. The average Bonchev–Trinajstić information content (AvgIpc) is 3.47. The van der Waals surface area contributed by atoms with Crippen LogP contribution in [-0.2, 0) is 16.1 Å². The number of furan rings is 1. The van der Waals surface area contributed by atoms with Crippen LogP contribution in [0.25, 0.3) is 5.76 Å². The number of aromatic hydroxyl groups is 1. The van der Waals surface area contributed by atoms with Crippen LogP contribution in [-0.4, -0.2) is 40.5 Å². The summed E-state index contributed by atoms with van der Waals surface area (Å²) in [5.74, 6) is -0.778. The molecule has 1 aromatic heterocycles. The molecular formula is C27H27NO7. The van der Waals surface area contributed by atoms with Crippen molar-refractivity contribution >= 4 is 17.4 Å². The van der Waals surface area contributed by atoms with Crippen LogP contribution in [0.1, 0.15) is 42.7 Å². The van der Waals surface area contributed by atoms with E-state index in [2.05, 4.69) is 6.92 Å². The number of benzene rings is 2. The van der Waals surface area contributed by atoms with Crippen molar-refractivity contribution in [3.63, 3.8) is 0 Å². The fraction of sp³-hybridized carbons (Fsp3) is 0.259. The lowest BCUT2D eigenvalue weighted by atomic mass is 9.95. The maximum Gasteiger partial charge on any atom is 0.296 e. The van der Waals surface area contributed by atoms with E-state index in [1.54, 1.807) is 48.5 Å². The molecular weight excluding hydrogens is 450 g/mol. The van der Waals surface area contributed by atoms with Crippen LogP contribution in [0, 0.1) is 0 Å². The molecule has 1 atom stereocenters. The van der Waals surface area contributed by atoms with Crippen molar-refractivity contribution in [1.29, 1.82) is 0 Å². The Balaban J connectivity index is 1.81. The van der Waals surface area contributed by atoms with Gasteiger partial charge in [0.05, 0.1) is 38.1 Å². The number of hydrogen-bond acceptors (Lipinski definition) is 7. The van der Waals surface area contributed by atoms with Crippen molar-refractivity contribution in [3.8, 4) is 17.2 Å². The molecule has 0 bridgehead atoms. The van der Waals surface area contributed by atoms with Gasteiger partial charge in [0.25, 0.3) is 11.7 Å². The van der Waals surface area contributed by atoms with E-state index in [1.165, 1.54) is 24.3 Å². The van der Waals surface area contributed by atoms with Crippen molar-refractivity contribution in [2.24, 2.45) is 0 Å². The number of amides is 1. The molecule has 1 saturated heterocycles. The lowest BCUT2D eigenvalue weighted by Gasteiger charge is -2.25. The topological polar surface area (TPSA) is 109 Å². The third kappa shape index (κ3) is 4.87. The number of methoxy groups -OCH3 is 1. The predicted octanol–water partition coefficient (Wildman–Crippen LogP) is 4.79. The summed E-state index contributed by atoms with van der Waals surface area (Å²) in [5.41, 5.74) is 0.771.